The zero-order chi connectivity index (χ0) is 14.0. The molecule has 19 heavy (non-hydrogen) atoms. The van der Waals surface area contributed by atoms with E-state index >= 15 is 0 Å². The van der Waals surface area contributed by atoms with Crippen LogP contribution in [0.5, 0.6) is 5.75 Å². The number of carboxylic acid groups (broad SMARTS) is 1. The number of hydrogen-bond acceptors (Lipinski definition) is 3. The number of fused-ring (bicyclic) bond motifs is 1. The van der Waals surface area contributed by atoms with E-state index in [2.05, 4.69) is 0 Å². The first-order valence-electron chi connectivity index (χ1n) is 6.53. The van der Waals surface area contributed by atoms with E-state index in [-0.39, 0.29) is 11.7 Å². The summed E-state index contributed by atoms with van der Waals surface area (Å²) in [6.45, 7) is 4.19. The van der Waals surface area contributed by atoms with E-state index < -0.39 is 11.9 Å². The number of ether oxygens (including phenoxy) is 1. The molecule has 0 radical (unpaired) electrons. The van der Waals surface area contributed by atoms with Gasteiger partial charge in [0.25, 0.3) is 0 Å². The van der Waals surface area contributed by atoms with Crippen LogP contribution in [-0.4, -0.2) is 23.5 Å². The third-order valence-corrected chi connectivity index (χ3v) is 3.41. The lowest BCUT2D eigenvalue weighted by atomic mass is 9.87. The summed E-state index contributed by atoms with van der Waals surface area (Å²) in [6.07, 6.45) is 1.80. The van der Waals surface area contributed by atoms with E-state index in [9.17, 15) is 9.59 Å². The molecule has 0 fully saturated rings. The number of Topliss-reactive ketones (excluding diaryl/α,β-unsaturated/α-hetero) is 1. The van der Waals surface area contributed by atoms with Crippen LogP contribution in [0.2, 0.25) is 0 Å². The molecule has 0 saturated carbocycles. The zero-order valence-electron chi connectivity index (χ0n) is 11.2. The summed E-state index contributed by atoms with van der Waals surface area (Å²) in [5, 5.41) is 9.17. The van der Waals surface area contributed by atoms with E-state index in [4.69, 9.17) is 9.84 Å². The lowest BCUT2D eigenvalue weighted by molar-refractivity contribution is -0.141. The Bertz CT molecular complexity index is 505. The molecule has 4 heteroatoms. The smallest absolute Gasteiger partial charge is 0.314 e. The number of benzene rings is 1. The molecule has 1 aliphatic rings. The van der Waals surface area contributed by atoms with Crippen molar-refractivity contribution < 1.29 is 19.4 Å². The highest BCUT2D eigenvalue weighted by Gasteiger charge is 2.30. The van der Waals surface area contributed by atoms with Gasteiger partial charge in [-0.05, 0) is 42.5 Å². The molecular formula is C15H18O4. The van der Waals surface area contributed by atoms with Crippen molar-refractivity contribution in [1.82, 2.24) is 0 Å². The zero-order valence-corrected chi connectivity index (χ0v) is 11.2. The highest BCUT2D eigenvalue weighted by atomic mass is 16.5. The first kappa shape index (κ1) is 13.6. The standard InChI is InChI=1S/C15H18O4/c1-9(2)13(15(17)18)14(16)11-5-6-12-10(8-11)4-3-7-19-12/h5-6,8-9,13H,3-4,7H2,1-2H3,(H,17,18). The molecule has 1 atom stereocenters. The monoisotopic (exact) mass is 262 g/mol. The van der Waals surface area contributed by atoms with Gasteiger partial charge in [-0.2, -0.15) is 0 Å². The summed E-state index contributed by atoms with van der Waals surface area (Å²) in [4.78, 5) is 23.5. The van der Waals surface area contributed by atoms with Gasteiger partial charge in [0.05, 0.1) is 6.61 Å². The molecule has 0 amide bonds. The van der Waals surface area contributed by atoms with Crippen LogP contribution in [0.3, 0.4) is 0 Å². The van der Waals surface area contributed by atoms with Crippen molar-refractivity contribution in [2.45, 2.75) is 26.7 Å². The first-order valence-corrected chi connectivity index (χ1v) is 6.53. The minimum atomic E-state index is -1.06. The molecule has 4 nitrogen and oxygen atoms in total. The summed E-state index contributed by atoms with van der Waals surface area (Å²) in [5.74, 6) is -1.79. The molecule has 0 saturated heterocycles. The number of aliphatic carboxylic acids is 1. The number of carboxylic acids is 1. The third-order valence-electron chi connectivity index (χ3n) is 3.41. The fraction of sp³-hybridized carbons (Fsp3) is 0.467. The van der Waals surface area contributed by atoms with E-state index in [1.165, 1.54) is 0 Å². The number of aryl methyl sites for hydroxylation is 1. The van der Waals surface area contributed by atoms with Crippen LogP contribution < -0.4 is 4.74 Å². The molecule has 0 aromatic heterocycles. The second-order valence-electron chi connectivity index (χ2n) is 5.20. The van der Waals surface area contributed by atoms with Crippen LogP contribution in [0.4, 0.5) is 0 Å². The van der Waals surface area contributed by atoms with Gasteiger partial charge in [-0.1, -0.05) is 13.8 Å². The molecule has 0 aliphatic carbocycles. The van der Waals surface area contributed by atoms with Gasteiger partial charge in [-0.15, -0.1) is 0 Å². The quantitative estimate of drug-likeness (QED) is 0.669. The summed E-state index contributed by atoms with van der Waals surface area (Å²) >= 11 is 0. The van der Waals surface area contributed by atoms with Gasteiger partial charge < -0.3 is 9.84 Å². The van der Waals surface area contributed by atoms with Crippen molar-refractivity contribution >= 4 is 11.8 Å². The van der Waals surface area contributed by atoms with Gasteiger partial charge in [-0.3, -0.25) is 9.59 Å². The largest absolute Gasteiger partial charge is 0.493 e. The van der Waals surface area contributed by atoms with E-state index in [0.29, 0.717) is 12.2 Å². The fourth-order valence-corrected chi connectivity index (χ4v) is 2.39. The maximum absolute atomic E-state index is 12.3. The molecule has 2 rings (SSSR count). The maximum atomic E-state index is 12.3. The van der Waals surface area contributed by atoms with E-state index in [1.807, 2.05) is 0 Å². The van der Waals surface area contributed by atoms with Gasteiger partial charge in [0.1, 0.15) is 11.7 Å². The molecule has 1 heterocycles. The molecule has 1 aromatic carbocycles. The van der Waals surface area contributed by atoms with E-state index in [1.54, 1.807) is 32.0 Å². The number of ketones is 1. The topological polar surface area (TPSA) is 63.6 Å². The molecule has 1 aromatic rings. The lowest BCUT2D eigenvalue weighted by Crippen LogP contribution is -2.29. The molecule has 1 unspecified atom stereocenters. The predicted octanol–water partition coefficient (Wildman–Crippen LogP) is 2.55. The molecule has 1 N–H and O–H groups in total. The predicted molar refractivity (Wildman–Crippen MR) is 70.6 cm³/mol. The fourth-order valence-electron chi connectivity index (χ4n) is 2.39. The van der Waals surface area contributed by atoms with Crippen molar-refractivity contribution in [1.29, 1.82) is 0 Å². The van der Waals surface area contributed by atoms with Crippen LogP contribution >= 0.6 is 0 Å². The van der Waals surface area contributed by atoms with Crippen molar-refractivity contribution in [3.8, 4) is 5.75 Å². The molecule has 0 spiro atoms. The third kappa shape index (κ3) is 2.78. The van der Waals surface area contributed by atoms with Crippen LogP contribution in [0, 0.1) is 11.8 Å². The summed E-state index contributed by atoms with van der Waals surface area (Å²) in [6, 6.07) is 5.20. The second kappa shape index (κ2) is 5.43. The van der Waals surface area contributed by atoms with Crippen molar-refractivity contribution in [2.24, 2.45) is 11.8 Å². The molecule has 102 valence electrons. The Kier molecular flexibility index (Phi) is 3.88. The number of rotatable bonds is 4. The second-order valence-corrected chi connectivity index (χ2v) is 5.20. The number of carbonyl (C=O) groups excluding carboxylic acids is 1. The van der Waals surface area contributed by atoms with Crippen LogP contribution in [-0.2, 0) is 11.2 Å². The maximum Gasteiger partial charge on any atom is 0.314 e. The van der Waals surface area contributed by atoms with Crippen LogP contribution in [0.1, 0.15) is 36.2 Å². The Morgan fingerprint density at radius 1 is 1.32 bits per heavy atom. The summed E-state index contributed by atoms with van der Waals surface area (Å²) in [7, 11) is 0. The van der Waals surface area contributed by atoms with Gasteiger partial charge in [0.15, 0.2) is 5.78 Å². The molecule has 0 bridgehead atoms. The summed E-state index contributed by atoms with van der Waals surface area (Å²) < 4.78 is 5.49. The van der Waals surface area contributed by atoms with Crippen molar-refractivity contribution in [2.75, 3.05) is 6.61 Å². The summed E-state index contributed by atoms with van der Waals surface area (Å²) in [5.41, 5.74) is 1.45. The van der Waals surface area contributed by atoms with Crippen molar-refractivity contribution in [3.05, 3.63) is 29.3 Å². The van der Waals surface area contributed by atoms with E-state index in [0.717, 1.165) is 24.2 Å². The Hall–Kier alpha value is -1.84. The highest BCUT2D eigenvalue weighted by molar-refractivity contribution is 6.08. The van der Waals surface area contributed by atoms with Gasteiger partial charge in [0.2, 0.25) is 0 Å². The Balaban J connectivity index is 2.30. The molecular weight excluding hydrogens is 244 g/mol. The average molecular weight is 262 g/mol. The van der Waals surface area contributed by atoms with Gasteiger partial charge in [-0.25, -0.2) is 0 Å². The Labute approximate surface area is 112 Å². The number of carbonyl (C=O) groups is 2. The van der Waals surface area contributed by atoms with Crippen LogP contribution in [0.25, 0.3) is 0 Å². The lowest BCUT2D eigenvalue weighted by Gasteiger charge is -2.19. The first-order chi connectivity index (χ1) is 9.00. The number of hydrogen-bond donors (Lipinski definition) is 1. The van der Waals surface area contributed by atoms with Gasteiger partial charge >= 0.3 is 5.97 Å². The van der Waals surface area contributed by atoms with Crippen LogP contribution in [0.15, 0.2) is 18.2 Å². The average Bonchev–Trinajstić information content (AvgIpc) is 2.37. The van der Waals surface area contributed by atoms with Crippen molar-refractivity contribution in [3.63, 3.8) is 0 Å². The SMILES string of the molecule is CC(C)C(C(=O)O)C(=O)c1ccc2c(c1)CCCO2. The normalized spacial score (nSPS) is 15.5. The minimum Gasteiger partial charge on any atom is -0.493 e. The minimum absolute atomic E-state index is 0.225. The molecule has 1 aliphatic heterocycles. The Morgan fingerprint density at radius 3 is 2.68 bits per heavy atom. The Morgan fingerprint density at radius 2 is 2.05 bits per heavy atom. The highest BCUT2D eigenvalue weighted by Crippen LogP contribution is 2.27. The van der Waals surface area contributed by atoms with Gasteiger partial charge in [0, 0.05) is 5.56 Å².